The molecule has 4 rings (SSSR count). The van der Waals surface area contributed by atoms with Crippen LogP contribution in [-0.2, 0) is 4.79 Å². The third-order valence-corrected chi connectivity index (χ3v) is 3.72. The first-order valence-electron chi connectivity index (χ1n) is 7.02. The van der Waals surface area contributed by atoms with Crippen LogP contribution in [0.2, 0.25) is 0 Å². The molecule has 0 bridgehead atoms. The molecule has 3 aromatic rings. The fraction of sp³-hybridized carbons (Fsp3) is 0. The number of H-pyrrole nitrogens is 1. The zero-order chi connectivity index (χ0) is 14.9. The van der Waals surface area contributed by atoms with Gasteiger partial charge in [-0.25, -0.2) is 0 Å². The van der Waals surface area contributed by atoms with E-state index in [4.69, 9.17) is 0 Å². The van der Waals surface area contributed by atoms with Gasteiger partial charge in [0.1, 0.15) is 0 Å². The van der Waals surface area contributed by atoms with Crippen LogP contribution in [0.3, 0.4) is 0 Å². The van der Waals surface area contributed by atoms with Gasteiger partial charge in [-0.1, -0.05) is 12.1 Å². The number of nitrogens with one attached hydrogen (secondary N) is 2. The molecule has 0 atom stereocenters. The third-order valence-electron chi connectivity index (χ3n) is 3.72. The van der Waals surface area contributed by atoms with Crippen LogP contribution in [0.5, 0.6) is 0 Å². The van der Waals surface area contributed by atoms with Gasteiger partial charge in [-0.05, 0) is 42.0 Å². The molecule has 0 aliphatic carbocycles. The molecule has 1 aliphatic rings. The molecule has 0 saturated carbocycles. The van der Waals surface area contributed by atoms with Crippen molar-refractivity contribution in [3.05, 3.63) is 72.3 Å². The number of hydrogen-bond donors (Lipinski definition) is 2. The normalized spacial score (nSPS) is 14.9. The second kappa shape index (κ2) is 5.00. The number of carbonyl (C=O) groups is 1. The van der Waals surface area contributed by atoms with Crippen LogP contribution in [0.4, 0.5) is 5.69 Å². The lowest BCUT2D eigenvalue weighted by Gasteiger charge is -2.04. The maximum atomic E-state index is 12.2. The van der Waals surface area contributed by atoms with Crippen molar-refractivity contribution in [3.8, 4) is 11.1 Å². The smallest absolute Gasteiger partial charge is 0.256 e. The molecular weight excluding hydrogens is 274 g/mol. The number of amides is 1. The van der Waals surface area contributed by atoms with Crippen molar-refractivity contribution in [2.75, 3.05) is 5.32 Å². The number of aromatic amines is 1. The topological polar surface area (TPSA) is 57.8 Å². The molecule has 4 heteroatoms. The number of hydrogen-bond acceptors (Lipinski definition) is 2. The lowest BCUT2D eigenvalue weighted by Crippen LogP contribution is -2.03. The van der Waals surface area contributed by atoms with Crippen molar-refractivity contribution in [1.82, 2.24) is 9.97 Å². The zero-order valence-electron chi connectivity index (χ0n) is 11.7. The fourth-order valence-corrected chi connectivity index (χ4v) is 2.63. The number of carbonyl (C=O) groups excluding carboxylic acids is 1. The summed E-state index contributed by atoms with van der Waals surface area (Å²) in [6.45, 7) is 0. The molecule has 0 spiro atoms. The maximum Gasteiger partial charge on any atom is 0.256 e. The van der Waals surface area contributed by atoms with Gasteiger partial charge in [0, 0.05) is 41.1 Å². The molecule has 2 aromatic heterocycles. The van der Waals surface area contributed by atoms with E-state index in [1.165, 1.54) is 0 Å². The van der Waals surface area contributed by atoms with Crippen LogP contribution in [0.25, 0.3) is 22.8 Å². The third kappa shape index (κ3) is 2.11. The highest BCUT2D eigenvalue weighted by Crippen LogP contribution is 2.35. The SMILES string of the molecule is O=C1Nc2ccc(-c3cccnc3)cc2/C1=C\c1ccc[nH]1. The first-order valence-corrected chi connectivity index (χ1v) is 7.02. The first-order chi connectivity index (χ1) is 10.8. The summed E-state index contributed by atoms with van der Waals surface area (Å²) in [6.07, 6.45) is 7.28. The molecule has 1 aliphatic heterocycles. The Morgan fingerprint density at radius 1 is 1.05 bits per heavy atom. The highest BCUT2D eigenvalue weighted by Gasteiger charge is 2.24. The van der Waals surface area contributed by atoms with Crippen molar-refractivity contribution in [2.45, 2.75) is 0 Å². The van der Waals surface area contributed by atoms with Crippen molar-refractivity contribution in [2.24, 2.45) is 0 Å². The minimum atomic E-state index is -0.0760. The Balaban J connectivity index is 1.83. The summed E-state index contributed by atoms with van der Waals surface area (Å²) in [4.78, 5) is 19.4. The van der Waals surface area contributed by atoms with E-state index in [1.54, 1.807) is 6.20 Å². The van der Waals surface area contributed by atoms with Crippen molar-refractivity contribution >= 4 is 23.2 Å². The van der Waals surface area contributed by atoms with Crippen LogP contribution < -0.4 is 5.32 Å². The Morgan fingerprint density at radius 3 is 2.77 bits per heavy atom. The molecule has 1 aromatic carbocycles. The Labute approximate surface area is 127 Å². The Hall–Kier alpha value is -3.14. The summed E-state index contributed by atoms with van der Waals surface area (Å²) in [5.74, 6) is -0.0760. The average Bonchev–Trinajstić information content (AvgIpc) is 3.17. The number of benzene rings is 1. The number of anilines is 1. The standard InChI is InChI=1S/C18H13N3O/c22-18-16(10-14-4-2-8-20-14)15-9-12(5-6-17(15)21-18)13-3-1-7-19-11-13/h1-11,20H,(H,21,22)/b16-10+. The van der Waals surface area contributed by atoms with Crippen LogP contribution in [0.15, 0.2) is 61.1 Å². The second-order valence-corrected chi connectivity index (χ2v) is 5.14. The summed E-state index contributed by atoms with van der Waals surface area (Å²) in [5, 5.41) is 2.90. The monoisotopic (exact) mass is 287 g/mol. The average molecular weight is 287 g/mol. The van der Waals surface area contributed by atoms with Crippen LogP contribution in [0, 0.1) is 0 Å². The van der Waals surface area contributed by atoms with E-state index < -0.39 is 0 Å². The predicted octanol–water partition coefficient (Wildman–Crippen LogP) is 3.57. The van der Waals surface area contributed by atoms with Crippen LogP contribution >= 0.6 is 0 Å². The lowest BCUT2D eigenvalue weighted by atomic mass is 10.00. The molecule has 0 radical (unpaired) electrons. The summed E-state index contributed by atoms with van der Waals surface area (Å²) in [7, 11) is 0. The van der Waals surface area contributed by atoms with Gasteiger partial charge < -0.3 is 10.3 Å². The summed E-state index contributed by atoms with van der Waals surface area (Å²) in [6, 6.07) is 13.7. The quantitative estimate of drug-likeness (QED) is 0.708. The molecule has 2 N–H and O–H groups in total. The predicted molar refractivity (Wildman–Crippen MR) is 87.0 cm³/mol. The van der Waals surface area contributed by atoms with E-state index in [2.05, 4.69) is 15.3 Å². The molecule has 0 unspecified atom stereocenters. The van der Waals surface area contributed by atoms with Gasteiger partial charge in [0.2, 0.25) is 0 Å². The van der Waals surface area contributed by atoms with Gasteiger partial charge in [0.25, 0.3) is 5.91 Å². The largest absolute Gasteiger partial charge is 0.362 e. The minimum absolute atomic E-state index is 0.0760. The number of pyridine rings is 1. The van der Waals surface area contributed by atoms with Crippen LogP contribution in [-0.4, -0.2) is 15.9 Å². The number of fused-ring (bicyclic) bond motifs is 1. The molecule has 4 nitrogen and oxygen atoms in total. The second-order valence-electron chi connectivity index (χ2n) is 5.14. The van der Waals surface area contributed by atoms with Crippen molar-refractivity contribution in [1.29, 1.82) is 0 Å². The van der Waals surface area contributed by atoms with Gasteiger partial charge in [0.15, 0.2) is 0 Å². The van der Waals surface area contributed by atoms with Crippen LogP contribution in [0.1, 0.15) is 11.3 Å². The van der Waals surface area contributed by atoms with E-state index >= 15 is 0 Å². The van der Waals surface area contributed by atoms with Gasteiger partial charge in [-0.15, -0.1) is 0 Å². The first kappa shape index (κ1) is 12.6. The molecule has 106 valence electrons. The van der Waals surface area contributed by atoms with Crippen molar-refractivity contribution < 1.29 is 4.79 Å². The van der Waals surface area contributed by atoms with E-state index in [9.17, 15) is 4.79 Å². The van der Waals surface area contributed by atoms with E-state index in [0.717, 1.165) is 28.1 Å². The van der Waals surface area contributed by atoms with E-state index in [1.807, 2.05) is 60.9 Å². The number of nitrogens with zero attached hydrogens (tertiary/aromatic N) is 1. The van der Waals surface area contributed by atoms with E-state index in [0.29, 0.717) is 5.57 Å². The number of rotatable bonds is 2. The highest BCUT2D eigenvalue weighted by atomic mass is 16.2. The number of aromatic nitrogens is 2. The summed E-state index contributed by atoms with van der Waals surface area (Å²) < 4.78 is 0. The lowest BCUT2D eigenvalue weighted by molar-refractivity contribution is -0.110. The Morgan fingerprint density at radius 2 is 2.00 bits per heavy atom. The summed E-state index contributed by atoms with van der Waals surface area (Å²) >= 11 is 0. The minimum Gasteiger partial charge on any atom is -0.362 e. The Kier molecular flexibility index (Phi) is 2.86. The van der Waals surface area contributed by atoms with Crippen molar-refractivity contribution in [3.63, 3.8) is 0 Å². The fourth-order valence-electron chi connectivity index (χ4n) is 2.63. The van der Waals surface area contributed by atoms with Gasteiger partial charge >= 0.3 is 0 Å². The molecule has 1 amide bonds. The molecule has 0 saturated heterocycles. The molecule has 22 heavy (non-hydrogen) atoms. The molecule has 0 fully saturated rings. The molecular formula is C18H13N3O. The Bertz CT molecular complexity index is 865. The zero-order valence-corrected chi connectivity index (χ0v) is 11.7. The van der Waals surface area contributed by atoms with Gasteiger partial charge in [0.05, 0.1) is 5.57 Å². The summed E-state index contributed by atoms with van der Waals surface area (Å²) in [5.41, 5.74) is 5.41. The highest BCUT2D eigenvalue weighted by molar-refractivity contribution is 6.35. The van der Waals surface area contributed by atoms with E-state index in [-0.39, 0.29) is 5.91 Å². The van der Waals surface area contributed by atoms with Gasteiger partial charge in [-0.3, -0.25) is 9.78 Å². The van der Waals surface area contributed by atoms with Gasteiger partial charge in [-0.2, -0.15) is 0 Å². The maximum absolute atomic E-state index is 12.2. The molecule has 3 heterocycles.